The lowest BCUT2D eigenvalue weighted by atomic mass is 9.65. The van der Waals surface area contributed by atoms with Gasteiger partial charge in [0.2, 0.25) is 11.9 Å². The Hall–Kier alpha value is -3.42. The number of fused-ring (bicyclic) bond motifs is 1. The summed E-state index contributed by atoms with van der Waals surface area (Å²) in [5.41, 5.74) is -2.51. The van der Waals surface area contributed by atoms with Crippen LogP contribution in [0.25, 0.3) is 10.9 Å². The topological polar surface area (TPSA) is 121 Å². The maximum absolute atomic E-state index is 13.6. The normalized spacial score (nSPS) is 23.1. The molecule has 0 aromatic carbocycles. The molecule has 5 rings (SSSR count). The number of amides is 2. The molecule has 1 saturated carbocycles. The molecule has 45 heavy (non-hydrogen) atoms. The number of halogens is 3. The van der Waals surface area contributed by atoms with Crippen LogP contribution >= 0.6 is 0 Å². The van der Waals surface area contributed by atoms with E-state index in [2.05, 4.69) is 9.97 Å². The number of likely N-dealkylation sites (tertiary alicyclic amines) is 1. The number of alkyl halides is 3. The van der Waals surface area contributed by atoms with Crippen LogP contribution in [0.2, 0.25) is 0 Å². The molecule has 2 amide bonds. The summed E-state index contributed by atoms with van der Waals surface area (Å²) in [5.74, 6) is -1.30. The van der Waals surface area contributed by atoms with E-state index in [0.29, 0.717) is 55.9 Å². The number of nitrogens with zero attached hydrogens (tertiary/aromatic N) is 6. The summed E-state index contributed by atoms with van der Waals surface area (Å²) in [7, 11) is 0. The van der Waals surface area contributed by atoms with E-state index in [1.54, 1.807) is 17.2 Å². The van der Waals surface area contributed by atoms with Crippen molar-refractivity contribution in [2.24, 2.45) is 11.3 Å². The standard InChI is InChI=1S/C31H43F3N6O5/c1-21(17-31(32,33)34)24(41)40-12-10-30(44,29(19-40)8-5-6-9-29)20-39-11-7-23-22(25(39)42)18-35-26(36-23)37-13-15-38(16-14-37)27(43)45-28(2,3)4/h7,11,18,21,44H,5-6,8-10,12-17,19-20H2,1-4H3. The van der Waals surface area contributed by atoms with Gasteiger partial charge in [0, 0.05) is 63.0 Å². The van der Waals surface area contributed by atoms with Crippen LogP contribution in [0.1, 0.15) is 66.2 Å². The first-order valence-electron chi connectivity index (χ1n) is 15.7. The molecule has 1 spiro atoms. The Morgan fingerprint density at radius 1 is 1.04 bits per heavy atom. The minimum absolute atomic E-state index is 0.00369. The lowest BCUT2D eigenvalue weighted by Crippen LogP contribution is -2.62. The third-order valence-corrected chi connectivity index (χ3v) is 9.46. The third kappa shape index (κ3) is 7.05. The summed E-state index contributed by atoms with van der Waals surface area (Å²) >= 11 is 0. The second-order valence-corrected chi connectivity index (χ2v) is 13.9. The van der Waals surface area contributed by atoms with Crippen molar-refractivity contribution < 1.29 is 32.6 Å². The highest BCUT2D eigenvalue weighted by molar-refractivity contribution is 5.79. The van der Waals surface area contributed by atoms with Crippen LogP contribution in [-0.4, -0.2) is 98.1 Å². The van der Waals surface area contributed by atoms with Crippen LogP contribution in [0.5, 0.6) is 0 Å². The van der Waals surface area contributed by atoms with Gasteiger partial charge in [-0.15, -0.1) is 0 Å². The highest BCUT2D eigenvalue weighted by Crippen LogP contribution is 2.52. The van der Waals surface area contributed by atoms with Gasteiger partial charge < -0.3 is 29.1 Å². The molecule has 2 unspecified atom stereocenters. The van der Waals surface area contributed by atoms with Crippen molar-refractivity contribution in [3.05, 3.63) is 28.8 Å². The fraction of sp³-hybridized carbons (Fsp3) is 0.710. The summed E-state index contributed by atoms with van der Waals surface area (Å²) in [6, 6.07) is 1.71. The average Bonchev–Trinajstić information content (AvgIpc) is 3.44. The van der Waals surface area contributed by atoms with Crippen molar-refractivity contribution in [2.45, 2.75) is 90.1 Å². The third-order valence-electron chi connectivity index (χ3n) is 9.46. The number of anilines is 1. The van der Waals surface area contributed by atoms with E-state index in [0.717, 1.165) is 12.8 Å². The van der Waals surface area contributed by atoms with Gasteiger partial charge in [0.15, 0.2) is 0 Å². The zero-order valence-electron chi connectivity index (χ0n) is 26.4. The van der Waals surface area contributed by atoms with E-state index in [9.17, 15) is 32.7 Å². The van der Waals surface area contributed by atoms with E-state index >= 15 is 0 Å². The van der Waals surface area contributed by atoms with Crippen LogP contribution in [0.15, 0.2) is 23.3 Å². The van der Waals surface area contributed by atoms with Gasteiger partial charge >= 0.3 is 12.3 Å². The van der Waals surface area contributed by atoms with E-state index in [-0.39, 0.29) is 37.7 Å². The van der Waals surface area contributed by atoms with Crippen LogP contribution in [0.4, 0.5) is 23.9 Å². The van der Waals surface area contributed by atoms with Crippen LogP contribution in [0.3, 0.4) is 0 Å². The predicted octanol–water partition coefficient (Wildman–Crippen LogP) is 3.96. The smallest absolute Gasteiger partial charge is 0.410 e. The van der Waals surface area contributed by atoms with Gasteiger partial charge in [-0.1, -0.05) is 19.8 Å². The Balaban J connectivity index is 1.30. The number of hydrogen-bond acceptors (Lipinski definition) is 8. The number of piperidine rings is 1. The fourth-order valence-electron chi connectivity index (χ4n) is 7.07. The zero-order chi connectivity index (χ0) is 32.8. The Morgan fingerprint density at radius 3 is 2.33 bits per heavy atom. The molecule has 2 aromatic heterocycles. The van der Waals surface area contributed by atoms with Crippen molar-refractivity contribution in [1.29, 1.82) is 0 Å². The number of carbonyl (C=O) groups is 2. The van der Waals surface area contributed by atoms with Gasteiger partial charge in [0.1, 0.15) is 5.60 Å². The molecule has 3 aliphatic rings. The molecular weight excluding hydrogens is 593 g/mol. The number of aromatic nitrogens is 3. The molecule has 2 aliphatic heterocycles. The lowest BCUT2D eigenvalue weighted by Gasteiger charge is -2.52. The van der Waals surface area contributed by atoms with E-state index in [4.69, 9.17) is 4.74 Å². The van der Waals surface area contributed by atoms with Crippen molar-refractivity contribution in [3.8, 4) is 0 Å². The molecule has 0 bridgehead atoms. The zero-order valence-corrected chi connectivity index (χ0v) is 26.4. The minimum Gasteiger partial charge on any atom is -0.444 e. The maximum Gasteiger partial charge on any atom is 0.410 e. The largest absolute Gasteiger partial charge is 0.444 e. The summed E-state index contributed by atoms with van der Waals surface area (Å²) in [4.78, 5) is 53.1. The minimum atomic E-state index is -4.44. The van der Waals surface area contributed by atoms with Gasteiger partial charge in [0.05, 0.1) is 29.5 Å². The summed E-state index contributed by atoms with van der Waals surface area (Å²) < 4.78 is 45.8. The fourth-order valence-corrected chi connectivity index (χ4v) is 7.07. The maximum atomic E-state index is 13.6. The van der Waals surface area contributed by atoms with Crippen LogP contribution in [-0.2, 0) is 16.1 Å². The van der Waals surface area contributed by atoms with Crippen LogP contribution < -0.4 is 10.5 Å². The molecule has 1 N–H and O–H groups in total. The average molecular weight is 637 g/mol. The molecule has 2 saturated heterocycles. The number of piperazine rings is 1. The van der Waals surface area contributed by atoms with Crippen LogP contribution in [0, 0.1) is 11.3 Å². The molecule has 4 heterocycles. The number of aliphatic hydroxyl groups is 1. The second-order valence-electron chi connectivity index (χ2n) is 13.9. The Bertz CT molecular complexity index is 1480. The number of ether oxygens (including phenoxy) is 1. The number of rotatable bonds is 5. The van der Waals surface area contributed by atoms with E-state index < -0.39 is 41.0 Å². The summed E-state index contributed by atoms with van der Waals surface area (Å²) in [5, 5.41) is 12.4. The number of carbonyl (C=O) groups excluding carboxylic acids is 2. The monoisotopic (exact) mass is 636 g/mol. The Kier molecular flexibility index (Phi) is 8.84. The molecule has 248 valence electrons. The Morgan fingerprint density at radius 2 is 1.71 bits per heavy atom. The van der Waals surface area contributed by atoms with Gasteiger partial charge in [-0.3, -0.25) is 9.59 Å². The molecule has 1 aliphatic carbocycles. The summed E-state index contributed by atoms with van der Waals surface area (Å²) in [6.45, 7) is 8.95. The molecule has 2 aromatic rings. The van der Waals surface area contributed by atoms with E-state index in [1.165, 1.54) is 22.6 Å². The van der Waals surface area contributed by atoms with Crippen molar-refractivity contribution >= 4 is 28.9 Å². The molecule has 3 fully saturated rings. The lowest BCUT2D eigenvalue weighted by molar-refractivity contribution is -0.172. The number of hydrogen-bond donors (Lipinski definition) is 1. The van der Waals surface area contributed by atoms with Crippen molar-refractivity contribution in [2.75, 3.05) is 44.2 Å². The highest BCUT2D eigenvalue weighted by Gasteiger charge is 2.56. The highest BCUT2D eigenvalue weighted by atomic mass is 19.4. The second kappa shape index (κ2) is 12.1. The van der Waals surface area contributed by atoms with Crippen molar-refractivity contribution in [3.63, 3.8) is 0 Å². The number of pyridine rings is 1. The van der Waals surface area contributed by atoms with Gasteiger partial charge in [-0.2, -0.15) is 13.2 Å². The first-order valence-corrected chi connectivity index (χ1v) is 15.7. The van der Waals surface area contributed by atoms with Crippen molar-refractivity contribution in [1.82, 2.24) is 24.3 Å². The molecule has 14 heteroatoms. The molecular formula is C31H43F3N6O5. The SMILES string of the molecule is CC(CC(F)(F)F)C(=O)N1CCC(O)(Cn2ccc3nc(N4CCN(C(=O)OC(C)(C)C)CC4)ncc3c2=O)C2(CCCC2)C1. The first kappa shape index (κ1) is 33.0. The molecule has 0 radical (unpaired) electrons. The first-order chi connectivity index (χ1) is 21.0. The molecule has 11 nitrogen and oxygen atoms in total. The quantitative estimate of drug-likeness (QED) is 0.524. The Labute approximate surface area is 260 Å². The van der Waals surface area contributed by atoms with Gasteiger partial charge in [0.25, 0.3) is 5.56 Å². The van der Waals surface area contributed by atoms with E-state index in [1.807, 2.05) is 25.7 Å². The predicted molar refractivity (Wildman–Crippen MR) is 161 cm³/mol. The van der Waals surface area contributed by atoms with Gasteiger partial charge in [-0.05, 0) is 46.1 Å². The molecule has 2 atom stereocenters. The summed E-state index contributed by atoms with van der Waals surface area (Å²) in [6.07, 6.45) is 0.167. The van der Waals surface area contributed by atoms with Gasteiger partial charge in [-0.25, -0.2) is 14.8 Å².